The molecular formula is C24H36N2O. The van der Waals surface area contributed by atoms with Crippen LogP contribution in [-0.2, 0) is 4.79 Å². The normalized spacial score (nSPS) is 29.1. The number of carbonyl (C=O) groups is 1. The molecule has 1 heterocycles. The van der Waals surface area contributed by atoms with E-state index < -0.39 is 0 Å². The second kappa shape index (κ2) is 7.95. The van der Waals surface area contributed by atoms with Crippen LogP contribution in [0.25, 0.3) is 0 Å². The number of piperidine rings is 1. The first-order valence-corrected chi connectivity index (χ1v) is 11.1. The third kappa shape index (κ3) is 3.94. The van der Waals surface area contributed by atoms with Crippen molar-refractivity contribution in [2.24, 2.45) is 17.8 Å². The molecule has 3 nitrogen and oxygen atoms in total. The van der Waals surface area contributed by atoms with Gasteiger partial charge in [0.2, 0.25) is 5.91 Å². The number of nitrogens with zero attached hydrogens (tertiary/aromatic N) is 2. The van der Waals surface area contributed by atoms with Crippen LogP contribution in [0.5, 0.6) is 0 Å². The highest BCUT2D eigenvalue weighted by Gasteiger charge is 2.45. The number of hydrogen-bond donors (Lipinski definition) is 0. The van der Waals surface area contributed by atoms with E-state index in [2.05, 4.69) is 36.9 Å². The van der Waals surface area contributed by atoms with Gasteiger partial charge in [0.1, 0.15) is 0 Å². The number of carbonyl (C=O) groups excluding carboxylic acids is 1. The Morgan fingerprint density at radius 2 is 1.85 bits per heavy atom. The van der Waals surface area contributed by atoms with Crippen molar-refractivity contribution < 1.29 is 4.79 Å². The Bertz CT molecular complexity index is 677. The topological polar surface area (TPSA) is 23.6 Å². The van der Waals surface area contributed by atoms with E-state index in [1.807, 2.05) is 4.90 Å². The van der Waals surface area contributed by atoms with Crippen LogP contribution in [0.2, 0.25) is 0 Å². The molecule has 3 aliphatic rings. The van der Waals surface area contributed by atoms with Crippen molar-refractivity contribution in [2.45, 2.75) is 71.8 Å². The lowest BCUT2D eigenvalue weighted by Crippen LogP contribution is -2.56. The number of aryl methyl sites for hydroxylation is 2. The molecule has 3 fully saturated rings. The fourth-order valence-corrected chi connectivity index (χ4v) is 5.97. The van der Waals surface area contributed by atoms with Gasteiger partial charge >= 0.3 is 0 Å². The molecule has 1 aromatic rings. The molecule has 1 aromatic carbocycles. The third-order valence-corrected chi connectivity index (χ3v) is 7.59. The van der Waals surface area contributed by atoms with E-state index in [1.54, 1.807) is 6.92 Å². The molecule has 3 atom stereocenters. The molecular weight excluding hydrogens is 332 g/mol. The van der Waals surface area contributed by atoms with Crippen LogP contribution < -0.4 is 4.90 Å². The summed E-state index contributed by atoms with van der Waals surface area (Å²) in [5.41, 5.74) is 3.56. The van der Waals surface area contributed by atoms with Crippen molar-refractivity contribution >= 4 is 11.6 Å². The lowest BCUT2D eigenvalue weighted by atomic mass is 9.61. The number of anilines is 1. The number of hydrogen-bond acceptors (Lipinski definition) is 2. The van der Waals surface area contributed by atoms with E-state index in [9.17, 15) is 4.79 Å². The van der Waals surface area contributed by atoms with Crippen molar-refractivity contribution in [1.29, 1.82) is 0 Å². The highest BCUT2D eigenvalue weighted by atomic mass is 16.2. The molecule has 1 aliphatic heterocycles. The van der Waals surface area contributed by atoms with E-state index in [0.717, 1.165) is 30.1 Å². The smallest absolute Gasteiger partial charge is 0.223 e. The van der Waals surface area contributed by atoms with Gasteiger partial charge in [-0.25, -0.2) is 0 Å². The molecule has 0 aromatic heterocycles. The third-order valence-electron chi connectivity index (χ3n) is 7.59. The molecule has 3 unspecified atom stereocenters. The van der Waals surface area contributed by atoms with Crippen LogP contribution in [0, 0.1) is 31.6 Å². The van der Waals surface area contributed by atoms with Crippen molar-refractivity contribution in [3.05, 3.63) is 29.3 Å². The highest BCUT2D eigenvalue weighted by molar-refractivity contribution is 5.92. The van der Waals surface area contributed by atoms with Gasteiger partial charge in [-0.1, -0.05) is 37.0 Å². The quantitative estimate of drug-likeness (QED) is 0.751. The van der Waals surface area contributed by atoms with E-state index in [-0.39, 0.29) is 5.91 Å². The lowest BCUT2D eigenvalue weighted by molar-refractivity contribution is -0.116. The fraction of sp³-hybridized carbons (Fsp3) is 0.708. The van der Waals surface area contributed by atoms with Crippen LogP contribution in [0.15, 0.2) is 18.2 Å². The van der Waals surface area contributed by atoms with Gasteiger partial charge in [0.15, 0.2) is 0 Å². The zero-order valence-electron chi connectivity index (χ0n) is 17.4. The molecule has 2 aliphatic carbocycles. The summed E-state index contributed by atoms with van der Waals surface area (Å²) < 4.78 is 0. The Labute approximate surface area is 165 Å². The molecule has 0 bridgehead atoms. The van der Waals surface area contributed by atoms with E-state index in [0.29, 0.717) is 5.92 Å². The standard InChI is InChI=1S/C24H36N2O/c1-17-8-9-23(18(2)14-17)26(19(3)27)16-20-10-12-25(13-11-20)24-15-21-6-4-5-7-22(21)24/h8-9,14,20-22,24H,4-7,10-13,15-16H2,1-3H3. The van der Waals surface area contributed by atoms with Crippen LogP contribution in [0.1, 0.15) is 63.0 Å². The highest BCUT2D eigenvalue weighted by Crippen LogP contribution is 2.48. The Hall–Kier alpha value is -1.35. The van der Waals surface area contributed by atoms with Gasteiger partial charge in [-0.05, 0) is 82.0 Å². The molecule has 4 rings (SSSR count). The SMILES string of the molecule is CC(=O)N(CC1CCN(C2CC3CCCCC32)CC1)c1ccc(C)cc1C. The zero-order valence-corrected chi connectivity index (χ0v) is 17.4. The summed E-state index contributed by atoms with van der Waals surface area (Å²) in [5.74, 6) is 2.85. The van der Waals surface area contributed by atoms with Crippen molar-refractivity contribution in [3.8, 4) is 0 Å². The maximum atomic E-state index is 12.4. The van der Waals surface area contributed by atoms with Gasteiger partial charge in [0.25, 0.3) is 0 Å². The summed E-state index contributed by atoms with van der Waals surface area (Å²) in [4.78, 5) is 17.2. The van der Waals surface area contributed by atoms with E-state index >= 15 is 0 Å². The molecule has 27 heavy (non-hydrogen) atoms. The second-order valence-electron chi connectivity index (χ2n) is 9.41. The minimum atomic E-state index is 0.174. The molecule has 3 heteroatoms. The number of rotatable bonds is 4. The van der Waals surface area contributed by atoms with E-state index in [1.165, 1.54) is 69.2 Å². The molecule has 148 valence electrons. The Morgan fingerprint density at radius 1 is 1.11 bits per heavy atom. The Kier molecular flexibility index (Phi) is 5.59. The minimum absolute atomic E-state index is 0.174. The molecule has 0 N–H and O–H groups in total. The van der Waals surface area contributed by atoms with Crippen molar-refractivity contribution in [1.82, 2.24) is 4.90 Å². The first kappa shape index (κ1) is 19.0. The van der Waals surface area contributed by atoms with Crippen LogP contribution in [0.4, 0.5) is 5.69 Å². The maximum Gasteiger partial charge on any atom is 0.223 e. The lowest BCUT2D eigenvalue weighted by Gasteiger charge is -2.54. The summed E-state index contributed by atoms with van der Waals surface area (Å²) in [6, 6.07) is 7.31. The predicted molar refractivity (Wildman–Crippen MR) is 112 cm³/mol. The van der Waals surface area contributed by atoms with Crippen LogP contribution in [0.3, 0.4) is 0 Å². The van der Waals surface area contributed by atoms with Gasteiger partial charge in [-0.15, -0.1) is 0 Å². The fourth-order valence-electron chi connectivity index (χ4n) is 5.97. The summed E-state index contributed by atoms with van der Waals surface area (Å²) in [5, 5.41) is 0. The molecule has 1 saturated heterocycles. The first-order valence-electron chi connectivity index (χ1n) is 11.1. The largest absolute Gasteiger partial charge is 0.312 e. The van der Waals surface area contributed by atoms with Crippen LogP contribution in [-0.4, -0.2) is 36.5 Å². The molecule has 0 spiro atoms. The number of benzene rings is 1. The maximum absolute atomic E-state index is 12.4. The Balaban J connectivity index is 1.34. The van der Waals surface area contributed by atoms with Crippen molar-refractivity contribution in [2.75, 3.05) is 24.5 Å². The van der Waals surface area contributed by atoms with Gasteiger partial charge in [-0.3, -0.25) is 4.79 Å². The summed E-state index contributed by atoms with van der Waals surface area (Å²) in [6.07, 6.45) is 9.82. The average molecular weight is 369 g/mol. The summed E-state index contributed by atoms with van der Waals surface area (Å²) in [7, 11) is 0. The summed E-state index contributed by atoms with van der Waals surface area (Å²) in [6.45, 7) is 9.30. The van der Waals surface area contributed by atoms with Gasteiger partial charge < -0.3 is 9.80 Å². The van der Waals surface area contributed by atoms with Gasteiger partial charge in [-0.2, -0.15) is 0 Å². The van der Waals surface area contributed by atoms with Crippen molar-refractivity contribution in [3.63, 3.8) is 0 Å². The zero-order chi connectivity index (χ0) is 19.0. The number of likely N-dealkylation sites (tertiary alicyclic amines) is 1. The van der Waals surface area contributed by atoms with Gasteiger partial charge in [0.05, 0.1) is 0 Å². The summed E-state index contributed by atoms with van der Waals surface area (Å²) >= 11 is 0. The molecule has 0 radical (unpaired) electrons. The molecule has 2 saturated carbocycles. The number of amides is 1. The number of fused-ring (bicyclic) bond motifs is 1. The van der Waals surface area contributed by atoms with Gasteiger partial charge in [0, 0.05) is 25.2 Å². The molecule has 1 amide bonds. The predicted octanol–water partition coefficient (Wildman–Crippen LogP) is 4.95. The first-order chi connectivity index (χ1) is 13.0. The van der Waals surface area contributed by atoms with E-state index in [4.69, 9.17) is 0 Å². The van der Waals surface area contributed by atoms with Crippen LogP contribution >= 0.6 is 0 Å². The minimum Gasteiger partial charge on any atom is -0.312 e. The second-order valence-corrected chi connectivity index (χ2v) is 9.41. The Morgan fingerprint density at radius 3 is 2.52 bits per heavy atom. The average Bonchev–Trinajstić information content (AvgIpc) is 2.62. The monoisotopic (exact) mass is 368 g/mol.